The normalized spacial score (nSPS) is 11.0. The van der Waals surface area contributed by atoms with Crippen LogP contribution in [0.25, 0.3) is 0 Å². The second-order valence-electron chi connectivity index (χ2n) is 4.88. The number of rotatable bonds is 10. The molecule has 0 saturated carbocycles. The van der Waals surface area contributed by atoms with E-state index in [1.165, 1.54) is 17.0 Å². The number of hydrogen-bond acceptors (Lipinski definition) is 4. The number of aryl methyl sites for hydroxylation is 2. The molecule has 0 saturated heterocycles. The molecule has 1 aromatic heterocycles. The van der Waals surface area contributed by atoms with E-state index in [0.717, 1.165) is 51.2 Å². The summed E-state index contributed by atoms with van der Waals surface area (Å²) in [6.07, 6.45) is 3.95. The maximum absolute atomic E-state index is 5.57. The molecule has 1 rings (SSSR count). The standard InChI is InChI=1S/C16H29N3O/c1-5-11-20-12-16-18-14(6-2)13(9-10-17-8-4)15(7-3)19-16/h17H,5-12H2,1-4H3. The Labute approximate surface area is 123 Å². The summed E-state index contributed by atoms with van der Waals surface area (Å²) in [5, 5.41) is 3.38. The zero-order chi connectivity index (χ0) is 14.8. The molecule has 1 heterocycles. The second-order valence-corrected chi connectivity index (χ2v) is 4.88. The summed E-state index contributed by atoms with van der Waals surface area (Å²) in [6, 6.07) is 0. The van der Waals surface area contributed by atoms with Crippen molar-refractivity contribution in [1.82, 2.24) is 15.3 Å². The minimum atomic E-state index is 0.529. The maximum atomic E-state index is 5.57. The zero-order valence-electron chi connectivity index (χ0n) is 13.5. The Morgan fingerprint density at radius 1 is 1.00 bits per heavy atom. The van der Waals surface area contributed by atoms with Gasteiger partial charge < -0.3 is 10.1 Å². The highest BCUT2D eigenvalue weighted by atomic mass is 16.5. The molecule has 0 amide bonds. The fraction of sp³-hybridized carbons (Fsp3) is 0.750. The number of nitrogens with one attached hydrogen (secondary N) is 1. The minimum absolute atomic E-state index is 0.529. The van der Waals surface area contributed by atoms with E-state index in [4.69, 9.17) is 4.74 Å². The van der Waals surface area contributed by atoms with Gasteiger partial charge in [0.2, 0.25) is 0 Å². The summed E-state index contributed by atoms with van der Waals surface area (Å²) in [4.78, 5) is 9.37. The number of nitrogens with zero attached hydrogens (tertiary/aromatic N) is 2. The van der Waals surface area contributed by atoms with Crippen LogP contribution < -0.4 is 5.32 Å². The van der Waals surface area contributed by atoms with Gasteiger partial charge >= 0.3 is 0 Å². The van der Waals surface area contributed by atoms with Crippen molar-refractivity contribution in [2.45, 2.75) is 60.0 Å². The summed E-state index contributed by atoms with van der Waals surface area (Å²) >= 11 is 0. The van der Waals surface area contributed by atoms with Gasteiger partial charge in [-0.05, 0) is 44.3 Å². The molecular formula is C16H29N3O. The SMILES string of the molecule is CCCOCc1nc(CC)c(CCNCC)c(CC)n1. The topological polar surface area (TPSA) is 47.0 Å². The molecule has 114 valence electrons. The van der Waals surface area contributed by atoms with Gasteiger partial charge in [0.1, 0.15) is 6.61 Å². The van der Waals surface area contributed by atoms with Crippen molar-refractivity contribution in [3.63, 3.8) is 0 Å². The lowest BCUT2D eigenvalue weighted by Gasteiger charge is -2.14. The van der Waals surface area contributed by atoms with Gasteiger partial charge in [-0.25, -0.2) is 9.97 Å². The third kappa shape index (κ3) is 5.17. The summed E-state index contributed by atoms with van der Waals surface area (Å²) in [5.41, 5.74) is 3.70. The van der Waals surface area contributed by atoms with Crippen LogP contribution in [0.5, 0.6) is 0 Å². The third-order valence-corrected chi connectivity index (χ3v) is 3.28. The minimum Gasteiger partial charge on any atom is -0.373 e. The van der Waals surface area contributed by atoms with Crippen LogP contribution in [0.4, 0.5) is 0 Å². The second kappa shape index (κ2) is 9.83. The lowest BCUT2D eigenvalue weighted by molar-refractivity contribution is 0.115. The van der Waals surface area contributed by atoms with E-state index in [0.29, 0.717) is 6.61 Å². The number of likely N-dealkylation sites (N-methyl/N-ethyl adjacent to an activating group) is 1. The van der Waals surface area contributed by atoms with E-state index < -0.39 is 0 Å². The summed E-state index contributed by atoms with van der Waals surface area (Å²) in [7, 11) is 0. The highest BCUT2D eigenvalue weighted by Gasteiger charge is 2.12. The van der Waals surface area contributed by atoms with E-state index in [2.05, 4.69) is 43.0 Å². The van der Waals surface area contributed by atoms with Gasteiger partial charge in [0.25, 0.3) is 0 Å². The Balaban J connectivity index is 2.86. The average molecular weight is 279 g/mol. The molecule has 0 fully saturated rings. The van der Waals surface area contributed by atoms with E-state index >= 15 is 0 Å². The van der Waals surface area contributed by atoms with Gasteiger partial charge in [0.05, 0.1) is 0 Å². The Hall–Kier alpha value is -1.00. The van der Waals surface area contributed by atoms with Gasteiger partial charge in [0, 0.05) is 18.0 Å². The molecule has 20 heavy (non-hydrogen) atoms. The molecule has 0 unspecified atom stereocenters. The first-order valence-electron chi connectivity index (χ1n) is 7.92. The van der Waals surface area contributed by atoms with Crippen LogP contribution in [-0.2, 0) is 30.6 Å². The molecule has 1 aromatic rings. The van der Waals surface area contributed by atoms with Gasteiger partial charge in [-0.3, -0.25) is 0 Å². The van der Waals surface area contributed by atoms with Crippen molar-refractivity contribution in [2.24, 2.45) is 0 Å². The van der Waals surface area contributed by atoms with Gasteiger partial charge in [-0.15, -0.1) is 0 Å². The molecule has 0 aromatic carbocycles. The maximum Gasteiger partial charge on any atom is 0.154 e. The Morgan fingerprint density at radius 3 is 2.15 bits per heavy atom. The molecule has 0 aliphatic carbocycles. The number of hydrogen-bond donors (Lipinski definition) is 1. The predicted molar refractivity (Wildman–Crippen MR) is 83.0 cm³/mol. The summed E-state index contributed by atoms with van der Waals surface area (Å²) < 4.78 is 5.57. The van der Waals surface area contributed by atoms with Crippen LogP contribution in [0, 0.1) is 0 Å². The van der Waals surface area contributed by atoms with E-state index in [-0.39, 0.29) is 0 Å². The van der Waals surface area contributed by atoms with Crippen molar-refractivity contribution in [1.29, 1.82) is 0 Å². The summed E-state index contributed by atoms with van der Waals surface area (Å²) in [6.45, 7) is 11.9. The zero-order valence-corrected chi connectivity index (χ0v) is 13.5. The van der Waals surface area contributed by atoms with Crippen LogP contribution in [0.3, 0.4) is 0 Å². The molecule has 1 N–H and O–H groups in total. The molecule has 4 nitrogen and oxygen atoms in total. The highest BCUT2D eigenvalue weighted by molar-refractivity contribution is 5.27. The van der Waals surface area contributed by atoms with Crippen molar-refractivity contribution in [3.05, 3.63) is 22.8 Å². The van der Waals surface area contributed by atoms with Crippen LogP contribution in [0.15, 0.2) is 0 Å². The highest BCUT2D eigenvalue weighted by Crippen LogP contribution is 2.15. The molecule has 0 bridgehead atoms. The molecule has 0 aliphatic rings. The van der Waals surface area contributed by atoms with Crippen molar-refractivity contribution in [2.75, 3.05) is 19.7 Å². The fourth-order valence-electron chi connectivity index (χ4n) is 2.27. The Morgan fingerprint density at radius 2 is 1.65 bits per heavy atom. The largest absolute Gasteiger partial charge is 0.373 e. The monoisotopic (exact) mass is 279 g/mol. The van der Waals surface area contributed by atoms with Crippen LogP contribution >= 0.6 is 0 Å². The predicted octanol–water partition coefficient (Wildman–Crippen LogP) is 2.68. The average Bonchev–Trinajstić information content (AvgIpc) is 2.48. The Kier molecular flexibility index (Phi) is 8.38. The van der Waals surface area contributed by atoms with Crippen LogP contribution in [0.1, 0.15) is 56.9 Å². The first-order chi connectivity index (χ1) is 9.76. The van der Waals surface area contributed by atoms with Gasteiger partial charge in [-0.1, -0.05) is 27.7 Å². The lowest BCUT2D eigenvalue weighted by Crippen LogP contribution is -2.19. The quantitative estimate of drug-likeness (QED) is 0.669. The fourth-order valence-corrected chi connectivity index (χ4v) is 2.27. The van der Waals surface area contributed by atoms with E-state index in [1.54, 1.807) is 0 Å². The van der Waals surface area contributed by atoms with Crippen LogP contribution in [-0.4, -0.2) is 29.7 Å². The van der Waals surface area contributed by atoms with Gasteiger partial charge in [0.15, 0.2) is 5.82 Å². The molecule has 0 spiro atoms. The van der Waals surface area contributed by atoms with Crippen molar-refractivity contribution in [3.8, 4) is 0 Å². The summed E-state index contributed by atoms with van der Waals surface area (Å²) in [5.74, 6) is 0.833. The number of ether oxygens (including phenoxy) is 1. The first kappa shape index (κ1) is 17.1. The van der Waals surface area contributed by atoms with E-state index in [9.17, 15) is 0 Å². The smallest absolute Gasteiger partial charge is 0.154 e. The molecule has 4 heteroatoms. The first-order valence-corrected chi connectivity index (χ1v) is 7.92. The molecule has 0 radical (unpaired) electrons. The molecule has 0 aliphatic heterocycles. The van der Waals surface area contributed by atoms with E-state index in [1.807, 2.05) is 0 Å². The van der Waals surface area contributed by atoms with Gasteiger partial charge in [-0.2, -0.15) is 0 Å². The third-order valence-electron chi connectivity index (χ3n) is 3.28. The lowest BCUT2D eigenvalue weighted by atomic mass is 10.0. The van der Waals surface area contributed by atoms with Crippen LogP contribution in [0.2, 0.25) is 0 Å². The Bertz CT molecular complexity index is 368. The number of aromatic nitrogens is 2. The van der Waals surface area contributed by atoms with Crippen molar-refractivity contribution < 1.29 is 4.74 Å². The van der Waals surface area contributed by atoms with Crippen molar-refractivity contribution >= 4 is 0 Å². The molecule has 0 atom stereocenters. The molecular weight excluding hydrogens is 250 g/mol.